The lowest BCUT2D eigenvalue weighted by atomic mass is 10.1. The number of hydrazine groups is 1. The van der Waals surface area contributed by atoms with E-state index >= 15 is 0 Å². The standard InChI is InChI=1S/C22H22ClF3N4O5S/c1-12(33)30(27-8-13-3-2-4-16(24)21(13)23)14(5-15(34)9-31)10-35-29(11-32)22-28-19-6-17(25)18(26)7-20(19)36-22/h2-4,6-7,11,14-15,27,31,34H,5,8-10H2,1H3/t14-,15+/m0/s1. The maximum Gasteiger partial charge on any atom is 0.240 e. The minimum Gasteiger partial charge on any atom is -0.394 e. The van der Waals surface area contributed by atoms with Gasteiger partial charge in [-0.15, -0.1) is 0 Å². The average Bonchev–Trinajstić information content (AvgIpc) is 3.24. The zero-order valence-electron chi connectivity index (χ0n) is 18.8. The summed E-state index contributed by atoms with van der Waals surface area (Å²) in [6, 6.07) is 5.08. The summed E-state index contributed by atoms with van der Waals surface area (Å²) in [4.78, 5) is 33.6. The third-order valence-corrected chi connectivity index (χ3v) is 6.46. The number of carbonyl (C=O) groups excluding carboxylic acids is 2. The van der Waals surface area contributed by atoms with Crippen LogP contribution in [0.25, 0.3) is 10.2 Å². The first-order chi connectivity index (χ1) is 17.1. The van der Waals surface area contributed by atoms with E-state index in [0.717, 1.165) is 33.5 Å². The second kappa shape index (κ2) is 12.4. The lowest BCUT2D eigenvalue weighted by Gasteiger charge is -2.33. The van der Waals surface area contributed by atoms with Crippen molar-refractivity contribution in [3.8, 4) is 0 Å². The van der Waals surface area contributed by atoms with Gasteiger partial charge in [0.15, 0.2) is 11.6 Å². The molecule has 0 aliphatic rings. The SMILES string of the molecule is CC(=O)N(NCc1cccc(F)c1Cl)[C@H](CON(C=O)c1nc2cc(F)c(F)cc2s1)C[C@@H](O)CO. The van der Waals surface area contributed by atoms with Gasteiger partial charge in [-0.3, -0.25) is 19.4 Å². The van der Waals surface area contributed by atoms with Crippen molar-refractivity contribution in [2.45, 2.75) is 32.0 Å². The van der Waals surface area contributed by atoms with Crippen molar-refractivity contribution in [1.29, 1.82) is 0 Å². The summed E-state index contributed by atoms with van der Waals surface area (Å²) in [7, 11) is 0. The zero-order valence-corrected chi connectivity index (χ0v) is 20.4. The van der Waals surface area contributed by atoms with Gasteiger partial charge >= 0.3 is 0 Å². The van der Waals surface area contributed by atoms with Crippen LogP contribution in [-0.2, 0) is 21.0 Å². The number of rotatable bonds is 12. The maximum atomic E-state index is 13.8. The number of aliphatic hydroxyl groups excluding tert-OH is 2. The molecule has 0 radical (unpaired) electrons. The molecule has 2 atom stereocenters. The molecule has 194 valence electrons. The van der Waals surface area contributed by atoms with E-state index < -0.39 is 42.1 Å². The third kappa shape index (κ3) is 6.69. The van der Waals surface area contributed by atoms with Crippen LogP contribution < -0.4 is 10.5 Å². The Morgan fingerprint density at radius 2 is 2.00 bits per heavy atom. The van der Waals surface area contributed by atoms with Crippen LogP contribution in [-0.4, -0.2) is 57.9 Å². The molecule has 0 aliphatic heterocycles. The number of halogens is 4. The van der Waals surface area contributed by atoms with Crippen molar-refractivity contribution < 1.29 is 37.8 Å². The van der Waals surface area contributed by atoms with Crippen molar-refractivity contribution in [1.82, 2.24) is 15.4 Å². The third-order valence-electron chi connectivity index (χ3n) is 5.04. The zero-order chi connectivity index (χ0) is 26.4. The van der Waals surface area contributed by atoms with Crippen LogP contribution in [0.3, 0.4) is 0 Å². The molecule has 0 bridgehead atoms. The van der Waals surface area contributed by atoms with Crippen LogP contribution in [0.1, 0.15) is 18.9 Å². The van der Waals surface area contributed by atoms with Crippen LogP contribution in [0.5, 0.6) is 0 Å². The van der Waals surface area contributed by atoms with E-state index in [1.807, 2.05) is 0 Å². The molecule has 36 heavy (non-hydrogen) atoms. The van der Waals surface area contributed by atoms with Crippen LogP contribution >= 0.6 is 22.9 Å². The van der Waals surface area contributed by atoms with Crippen LogP contribution in [0.2, 0.25) is 5.02 Å². The van der Waals surface area contributed by atoms with E-state index in [0.29, 0.717) is 5.56 Å². The lowest BCUT2D eigenvalue weighted by molar-refractivity contribution is -0.138. The number of aromatic nitrogens is 1. The number of nitrogens with zero attached hydrogens (tertiary/aromatic N) is 3. The molecule has 0 spiro atoms. The molecule has 14 heteroatoms. The van der Waals surface area contributed by atoms with Crippen molar-refractivity contribution in [2.24, 2.45) is 0 Å². The van der Waals surface area contributed by atoms with Crippen LogP contribution in [0.4, 0.5) is 18.3 Å². The number of thiazole rings is 1. The Hall–Kier alpha value is -2.81. The number of nitrogens with one attached hydrogen (secondary N) is 1. The minimum atomic E-state index is -1.24. The Labute approximate surface area is 212 Å². The van der Waals surface area contributed by atoms with Crippen molar-refractivity contribution in [3.63, 3.8) is 0 Å². The van der Waals surface area contributed by atoms with Gasteiger partial charge in [0, 0.05) is 19.5 Å². The number of hydrogen-bond donors (Lipinski definition) is 3. The second-order valence-corrected chi connectivity index (χ2v) is 9.01. The molecule has 3 N–H and O–H groups in total. The maximum absolute atomic E-state index is 13.8. The van der Waals surface area contributed by atoms with E-state index in [1.54, 1.807) is 6.07 Å². The molecule has 1 heterocycles. The van der Waals surface area contributed by atoms with Gasteiger partial charge < -0.3 is 10.2 Å². The highest BCUT2D eigenvalue weighted by molar-refractivity contribution is 7.22. The number of hydrogen-bond acceptors (Lipinski definition) is 8. The van der Waals surface area contributed by atoms with Gasteiger partial charge in [0.05, 0.1) is 40.6 Å². The number of amides is 2. The normalized spacial score (nSPS) is 13.0. The number of carbonyl (C=O) groups is 2. The van der Waals surface area contributed by atoms with Crippen LogP contribution in [0.15, 0.2) is 30.3 Å². The molecular formula is C22H22ClF3N4O5S. The highest BCUT2D eigenvalue weighted by Gasteiger charge is 2.27. The number of anilines is 1. The monoisotopic (exact) mass is 546 g/mol. The Kier molecular flexibility index (Phi) is 9.59. The molecule has 2 amide bonds. The van der Waals surface area contributed by atoms with Crippen LogP contribution in [0, 0.1) is 17.5 Å². The largest absolute Gasteiger partial charge is 0.394 e. The molecule has 0 aliphatic carbocycles. The summed E-state index contributed by atoms with van der Waals surface area (Å²) in [6.07, 6.45) is -1.12. The number of aliphatic hydroxyl groups is 2. The predicted octanol–water partition coefficient (Wildman–Crippen LogP) is 2.93. The fourth-order valence-electron chi connectivity index (χ4n) is 3.29. The van der Waals surface area contributed by atoms with Gasteiger partial charge in [0.25, 0.3) is 0 Å². The van der Waals surface area contributed by atoms with Gasteiger partial charge in [0.1, 0.15) is 5.82 Å². The first kappa shape index (κ1) is 27.8. The molecule has 0 saturated heterocycles. The Bertz CT molecular complexity index is 1190. The molecule has 0 fully saturated rings. The lowest BCUT2D eigenvalue weighted by Crippen LogP contribution is -2.52. The summed E-state index contributed by atoms with van der Waals surface area (Å²) < 4.78 is 41.1. The number of fused-ring (bicyclic) bond motifs is 1. The van der Waals surface area contributed by atoms with Gasteiger partial charge in [-0.2, -0.15) is 5.06 Å². The quantitative estimate of drug-likeness (QED) is 0.236. The Morgan fingerprint density at radius 1 is 1.28 bits per heavy atom. The van der Waals surface area contributed by atoms with Crippen molar-refractivity contribution in [3.05, 3.63) is 58.4 Å². The summed E-state index contributed by atoms with van der Waals surface area (Å²) >= 11 is 6.83. The first-order valence-corrected chi connectivity index (χ1v) is 11.7. The van der Waals surface area contributed by atoms with Crippen molar-refractivity contribution >= 4 is 50.6 Å². The second-order valence-electron chi connectivity index (χ2n) is 7.62. The molecule has 3 rings (SSSR count). The summed E-state index contributed by atoms with van der Waals surface area (Å²) in [6.45, 7) is 0.198. The first-order valence-electron chi connectivity index (χ1n) is 10.5. The highest BCUT2D eigenvalue weighted by atomic mass is 35.5. The molecule has 1 aromatic heterocycles. The van der Waals surface area contributed by atoms with E-state index in [2.05, 4.69) is 10.4 Å². The Morgan fingerprint density at radius 3 is 2.67 bits per heavy atom. The van der Waals surface area contributed by atoms with Crippen molar-refractivity contribution in [2.75, 3.05) is 18.3 Å². The van der Waals surface area contributed by atoms with E-state index in [-0.39, 0.29) is 46.4 Å². The summed E-state index contributed by atoms with van der Waals surface area (Å²) in [5.41, 5.74) is 3.27. The fourth-order valence-corrected chi connectivity index (χ4v) is 4.38. The van der Waals surface area contributed by atoms with E-state index in [9.17, 15) is 33.0 Å². The molecule has 3 aromatic rings. The Balaban J connectivity index is 1.79. The smallest absolute Gasteiger partial charge is 0.240 e. The van der Waals surface area contributed by atoms with Gasteiger partial charge in [-0.05, 0) is 24.1 Å². The molecule has 0 unspecified atom stereocenters. The molecular weight excluding hydrogens is 525 g/mol. The van der Waals surface area contributed by atoms with Gasteiger partial charge in [-0.25, -0.2) is 23.6 Å². The van der Waals surface area contributed by atoms with E-state index in [4.69, 9.17) is 16.4 Å². The minimum absolute atomic E-state index is 0.0275. The topological polar surface area (TPSA) is 115 Å². The van der Waals surface area contributed by atoms with Gasteiger partial charge in [0.2, 0.25) is 17.4 Å². The van der Waals surface area contributed by atoms with Gasteiger partial charge in [-0.1, -0.05) is 35.1 Å². The highest BCUT2D eigenvalue weighted by Crippen LogP contribution is 2.30. The predicted molar refractivity (Wildman–Crippen MR) is 126 cm³/mol. The molecule has 2 aromatic carbocycles. The average molecular weight is 547 g/mol. The number of hydroxylamine groups is 1. The molecule has 9 nitrogen and oxygen atoms in total. The fraction of sp³-hybridized carbons (Fsp3) is 0.318. The molecule has 0 saturated carbocycles. The summed E-state index contributed by atoms with van der Waals surface area (Å²) in [5, 5.41) is 21.0. The van der Waals surface area contributed by atoms with E-state index in [1.165, 1.54) is 19.1 Å². The number of benzene rings is 2. The summed E-state index contributed by atoms with van der Waals surface area (Å²) in [5.74, 6) is -3.32.